The standard InChI is InChI=1S/C21H22ClN3O2/c1-2-3-4-6-11-15-12-16(22)13-17-18(15)23-21(27)19(17)24-25-20(26)14-9-7-5-8-10-14/h5,7-10,12-13,23,27H,2-4,6,11H2,1H3. The van der Waals surface area contributed by atoms with Gasteiger partial charge in [0.05, 0.1) is 5.52 Å². The van der Waals surface area contributed by atoms with Crippen LogP contribution < -0.4 is 0 Å². The number of aromatic amines is 1. The molecule has 0 radical (unpaired) electrons. The first-order valence-corrected chi connectivity index (χ1v) is 9.52. The Balaban J connectivity index is 1.90. The highest BCUT2D eigenvalue weighted by atomic mass is 35.5. The minimum atomic E-state index is -0.467. The first-order chi connectivity index (χ1) is 13.1. The minimum Gasteiger partial charge on any atom is -0.493 e. The van der Waals surface area contributed by atoms with Crippen molar-refractivity contribution in [2.75, 3.05) is 0 Å². The van der Waals surface area contributed by atoms with E-state index in [2.05, 4.69) is 22.1 Å². The third-order valence-corrected chi connectivity index (χ3v) is 4.69. The van der Waals surface area contributed by atoms with Gasteiger partial charge in [0, 0.05) is 16.0 Å². The summed E-state index contributed by atoms with van der Waals surface area (Å²) in [5, 5.41) is 19.3. The van der Waals surface area contributed by atoms with Crippen LogP contribution in [0.5, 0.6) is 5.88 Å². The molecule has 0 aliphatic carbocycles. The molecule has 0 fully saturated rings. The topological polar surface area (TPSA) is 77.8 Å². The van der Waals surface area contributed by atoms with Gasteiger partial charge in [0.25, 0.3) is 5.91 Å². The summed E-state index contributed by atoms with van der Waals surface area (Å²) >= 11 is 6.27. The molecule has 0 aliphatic heterocycles. The molecular formula is C21H22ClN3O2. The van der Waals surface area contributed by atoms with Crippen molar-refractivity contribution in [3.63, 3.8) is 0 Å². The number of aryl methyl sites for hydroxylation is 1. The lowest BCUT2D eigenvalue weighted by molar-refractivity contribution is 0.0995. The second-order valence-corrected chi connectivity index (χ2v) is 6.93. The lowest BCUT2D eigenvalue weighted by Crippen LogP contribution is -1.91. The number of halogens is 1. The Bertz CT molecular complexity index is 964. The molecule has 140 valence electrons. The summed E-state index contributed by atoms with van der Waals surface area (Å²) in [5.74, 6) is -0.585. The molecule has 5 nitrogen and oxygen atoms in total. The molecule has 2 aromatic carbocycles. The number of azo groups is 1. The third kappa shape index (κ3) is 4.55. The maximum absolute atomic E-state index is 12.1. The van der Waals surface area contributed by atoms with E-state index in [-0.39, 0.29) is 11.6 Å². The lowest BCUT2D eigenvalue weighted by Gasteiger charge is -2.04. The molecule has 0 aliphatic rings. The number of carbonyl (C=O) groups excluding carboxylic acids is 1. The molecule has 0 saturated heterocycles. The fourth-order valence-corrected chi connectivity index (χ4v) is 3.32. The van der Waals surface area contributed by atoms with Gasteiger partial charge >= 0.3 is 0 Å². The van der Waals surface area contributed by atoms with Crippen molar-refractivity contribution in [1.29, 1.82) is 0 Å². The van der Waals surface area contributed by atoms with E-state index >= 15 is 0 Å². The summed E-state index contributed by atoms with van der Waals surface area (Å²) in [5.41, 5.74) is 2.48. The van der Waals surface area contributed by atoms with Crippen molar-refractivity contribution in [1.82, 2.24) is 4.98 Å². The summed E-state index contributed by atoms with van der Waals surface area (Å²) in [6.07, 6.45) is 5.42. The van der Waals surface area contributed by atoms with Crippen molar-refractivity contribution >= 4 is 34.1 Å². The smallest absolute Gasteiger partial charge is 0.295 e. The molecule has 1 heterocycles. The first kappa shape index (κ1) is 19.1. The Morgan fingerprint density at radius 2 is 1.93 bits per heavy atom. The van der Waals surface area contributed by atoms with Crippen LogP contribution in [0, 0.1) is 0 Å². The largest absolute Gasteiger partial charge is 0.493 e. The van der Waals surface area contributed by atoms with E-state index in [0.29, 0.717) is 16.0 Å². The number of nitrogens with zero attached hydrogens (tertiary/aromatic N) is 2. The van der Waals surface area contributed by atoms with Crippen LogP contribution in [-0.4, -0.2) is 16.0 Å². The molecule has 1 amide bonds. The summed E-state index contributed by atoms with van der Waals surface area (Å²) in [7, 11) is 0. The van der Waals surface area contributed by atoms with Crippen LogP contribution in [0.25, 0.3) is 10.9 Å². The second kappa shape index (κ2) is 8.82. The van der Waals surface area contributed by atoms with E-state index in [1.54, 1.807) is 30.3 Å². The van der Waals surface area contributed by atoms with Crippen molar-refractivity contribution in [2.45, 2.75) is 39.0 Å². The number of fused-ring (bicyclic) bond motifs is 1. The van der Waals surface area contributed by atoms with Crippen LogP contribution in [-0.2, 0) is 6.42 Å². The Hall–Kier alpha value is -2.66. The van der Waals surface area contributed by atoms with Gasteiger partial charge in [-0.1, -0.05) is 56.0 Å². The predicted octanol–water partition coefficient (Wildman–Crippen LogP) is 6.57. The van der Waals surface area contributed by atoms with E-state index in [4.69, 9.17) is 11.6 Å². The molecule has 0 saturated carbocycles. The van der Waals surface area contributed by atoms with Crippen molar-refractivity contribution in [2.24, 2.45) is 10.2 Å². The van der Waals surface area contributed by atoms with Gasteiger partial charge < -0.3 is 10.1 Å². The zero-order chi connectivity index (χ0) is 19.2. The van der Waals surface area contributed by atoms with Gasteiger partial charge in [-0.3, -0.25) is 4.79 Å². The lowest BCUT2D eigenvalue weighted by atomic mass is 10.0. The van der Waals surface area contributed by atoms with Crippen LogP contribution >= 0.6 is 11.6 Å². The molecule has 0 unspecified atom stereocenters. The molecule has 0 spiro atoms. The van der Waals surface area contributed by atoms with Gasteiger partial charge in [-0.05, 0) is 42.7 Å². The normalized spacial score (nSPS) is 11.5. The number of amides is 1. The molecule has 1 aromatic heterocycles. The molecular weight excluding hydrogens is 362 g/mol. The summed E-state index contributed by atoms with van der Waals surface area (Å²) < 4.78 is 0. The van der Waals surface area contributed by atoms with E-state index in [9.17, 15) is 9.90 Å². The SMILES string of the molecule is CCCCCCc1cc(Cl)cc2c(N=NC(=O)c3ccccc3)c(O)[nH]c12. The summed E-state index contributed by atoms with van der Waals surface area (Å²) in [6, 6.07) is 12.3. The fourth-order valence-electron chi connectivity index (χ4n) is 3.08. The van der Waals surface area contributed by atoms with Gasteiger partial charge in [-0.15, -0.1) is 10.2 Å². The Morgan fingerprint density at radius 3 is 2.67 bits per heavy atom. The number of H-pyrrole nitrogens is 1. The number of unbranched alkanes of at least 4 members (excludes halogenated alkanes) is 3. The highest BCUT2D eigenvalue weighted by Crippen LogP contribution is 2.39. The average molecular weight is 384 g/mol. The second-order valence-electron chi connectivity index (χ2n) is 6.49. The Labute approximate surface area is 163 Å². The van der Waals surface area contributed by atoms with Gasteiger partial charge in [0.15, 0.2) is 5.69 Å². The summed E-state index contributed by atoms with van der Waals surface area (Å²) in [6.45, 7) is 2.18. The van der Waals surface area contributed by atoms with Gasteiger partial charge in [-0.25, -0.2) is 0 Å². The number of hydrogen-bond donors (Lipinski definition) is 2. The van der Waals surface area contributed by atoms with Crippen LogP contribution in [0.1, 0.15) is 48.5 Å². The van der Waals surface area contributed by atoms with Gasteiger partial charge in [0.2, 0.25) is 5.88 Å². The number of aromatic nitrogens is 1. The van der Waals surface area contributed by atoms with Gasteiger partial charge in [0.1, 0.15) is 0 Å². The highest BCUT2D eigenvalue weighted by Gasteiger charge is 2.15. The number of nitrogens with one attached hydrogen (secondary N) is 1. The number of benzene rings is 2. The Morgan fingerprint density at radius 1 is 1.15 bits per heavy atom. The number of carbonyl (C=O) groups is 1. The maximum Gasteiger partial charge on any atom is 0.295 e. The van der Waals surface area contributed by atoms with Crippen molar-refractivity contribution in [3.05, 3.63) is 58.6 Å². The fraction of sp³-hybridized carbons (Fsp3) is 0.286. The molecule has 0 bridgehead atoms. The number of hydrogen-bond acceptors (Lipinski definition) is 3. The predicted molar refractivity (Wildman–Crippen MR) is 108 cm³/mol. The van der Waals surface area contributed by atoms with E-state index in [1.807, 2.05) is 12.1 Å². The Kier molecular flexibility index (Phi) is 6.24. The van der Waals surface area contributed by atoms with Gasteiger partial charge in [-0.2, -0.15) is 0 Å². The number of rotatable bonds is 7. The minimum absolute atomic E-state index is 0.119. The van der Waals surface area contributed by atoms with E-state index in [1.165, 1.54) is 12.8 Å². The zero-order valence-electron chi connectivity index (χ0n) is 15.2. The first-order valence-electron chi connectivity index (χ1n) is 9.14. The zero-order valence-corrected chi connectivity index (χ0v) is 16.0. The quantitative estimate of drug-likeness (QED) is 0.357. The van der Waals surface area contributed by atoms with Crippen LogP contribution in [0.2, 0.25) is 5.02 Å². The molecule has 0 atom stereocenters. The molecule has 3 rings (SSSR count). The molecule has 2 N–H and O–H groups in total. The van der Waals surface area contributed by atoms with Crippen LogP contribution in [0.4, 0.5) is 5.69 Å². The van der Waals surface area contributed by atoms with Crippen molar-refractivity contribution in [3.8, 4) is 5.88 Å². The molecule has 3 aromatic rings. The summed E-state index contributed by atoms with van der Waals surface area (Å²) in [4.78, 5) is 15.1. The van der Waals surface area contributed by atoms with E-state index in [0.717, 1.165) is 30.3 Å². The number of aromatic hydroxyl groups is 1. The molecule has 27 heavy (non-hydrogen) atoms. The monoisotopic (exact) mass is 383 g/mol. The maximum atomic E-state index is 12.1. The third-order valence-electron chi connectivity index (χ3n) is 4.47. The highest BCUT2D eigenvalue weighted by molar-refractivity contribution is 6.31. The molecule has 6 heteroatoms. The average Bonchev–Trinajstić information content (AvgIpc) is 2.99. The van der Waals surface area contributed by atoms with E-state index < -0.39 is 5.91 Å². The van der Waals surface area contributed by atoms with Crippen molar-refractivity contribution < 1.29 is 9.90 Å². The van der Waals surface area contributed by atoms with Crippen LogP contribution in [0.3, 0.4) is 0 Å². The van der Waals surface area contributed by atoms with Crippen LogP contribution in [0.15, 0.2) is 52.7 Å².